The van der Waals surface area contributed by atoms with E-state index in [1.807, 2.05) is 18.2 Å². The van der Waals surface area contributed by atoms with Crippen molar-refractivity contribution in [3.63, 3.8) is 0 Å². The van der Waals surface area contributed by atoms with Crippen molar-refractivity contribution in [2.75, 3.05) is 6.79 Å². The molecule has 0 spiro atoms. The van der Waals surface area contributed by atoms with Gasteiger partial charge in [0, 0.05) is 17.7 Å². The molecule has 0 atom stereocenters. The molecule has 1 aliphatic carbocycles. The van der Waals surface area contributed by atoms with Gasteiger partial charge in [-0.05, 0) is 62.4 Å². The summed E-state index contributed by atoms with van der Waals surface area (Å²) in [5, 5.41) is 12.8. The highest BCUT2D eigenvalue weighted by Gasteiger charge is 2.25. The molecule has 1 heterocycles. The average molecular weight is 369 g/mol. The third-order valence-corrected chi connectivity index (χ3v) is 5.13. The molecule has 1 aliphatic heterocycles. The fourth-order valence-corrected chi connectivity index (χ4v) is 3.49. The van der Waals surface area contributed by atoms with Crippen LogP contribution in [0, 0.1) is 6.92 Å². The molecule has 27 heavy (non-hydrogen) atoms. The van der Waals surface area contributed by atoms with E-state index in [1.165, 1.54) is 6.07 Å². The standard InChI is InChI=1S/C21H23NO5/c1-13-2-3-14(10-18(13)23)21(24)22-15-4-6-16(7-5-15)27-17-8-9-19-20(11-17)26-12-25-19/h2-3,8-11,15-16,23H,4-7,12H2,1H3,(H,22,24). The van der Waals surface area contributed by atoms with Crippen LogP contribution in [0.5, 0.6) is 23.0 Å². The van der Waals surface area contributed by atoms with Gasteiger partial charge in [-0.1, -0.05) is 6.07 Å². The molecule has 0 aromatic heterocycles. The number of carbonyl (C=O) groups is 1. The molecule has 2 aromatic carbocycles. The van der Waals surface area contributed by atoms with E-state index < -0.39 is 0 Å². The Morgan fingerprint density at radius 1 is 1.07 bits per heavy atom. The molecule has 1 saturated carbocycles. The fraction of sp³-hybridized carbons (Fsp3) is 0.381. The Labute approximate surface area is 158 Å². The third kappa shape index (κ3) is 3.94. The van der Waals surface area contributed by atoms with Crippen LogP contribution in [0.15, 0.2) is 36.4 Å². The number of amides is 1. The Morgan fingerprint density at radius 3 is 2.63 bits per heavy atom. The van der Waals surface area contributed by atoms with Crippen molar-refractivity contribution in [2.45, 2.75) is 44.8 Å². The minimum atomic E-state index is -0.148. The SMILES string of the molecule is Cc1ccc(C(=O)NC2CCC(Oc3ccc4c(c3)OCO4)CC2)cc1O. The predicted molar refractivity (Wildman–Crippen MR) is 99.5 cm³/mol. The van der Waals surface area contributed by atoms with E-state index in [2.05, 4.69) is 5.32 Å². The van der Waals surface area contributed by atoms with Gasteiger partial charge in [0.2, 0.25) is 6.79 Å². The van der Waals surface area contributed by atoms with Crippen molar-refractivity contribution in [1.82, 2.24) is 5.32 Å². The molecule has 1 amide bonds. The number of benzene rings is 2. The van der Waals surface area contributed by atoms with Crippen LogP contribution in [0.1, 0.15) is 41.6 Å². The van der Waals surface area contributed by atoms with E-state index >= 15 is 0 Å². The van der Waals surface area contributed by atoms with Crippen LogP contribution in [0.25, 0.3) is 0 Å². The summed E-state index contributed by atoms with van der Waals surface area (Å²) >= 11 is 0. The highest BCUT2D eigenvalue weighted by atomic mass is 16.7. The lowest BCUT2D eigenvalue weighted by Gasteiger charge is -2.29. The summed E-state index contributed by atoms with van der Waals surface area (Å²) < 4.78 is 16.8. The van der Waals surface area contributed by atoms with E-state index in [9.17, 15) is 9.90 Å². The van der Waals surface area contributed by atoms with E-state index in [4.69, 9.17) is 14.2 Å². The normalized spacial score (nSPS) is 20.9. The monoisotopic (exact) mass is 369 g/mol. The predicted octanol–water partition coefficient (Wildman–Crippen LogP) is 3.55. The summed E-state index contributed by atoms with van der Waals surface area (Å²) in [6.07, 6.45) is 3.59. The van der Waals surface area contributed by atoms with E-state index in [-0.39, 0.29) is 30.6 Å². The first-order valence-corrected chi connectivity index (χ1v) is 9.25. The van der Waals surface area contributed by atoms with Crippen molar-refractivity contribution in [2.24, 2.45) is 0 Å². The highest BCUT2D eigenvalue weighted by Crippen LogP contribution is 2.36. The number of aromatic hydroxyl groups is 1. The maximum absolute atomic E-state index is 12.4. The quantitative estimate of drug-likeness (QED) is 0.862. The zero-order valence-electron chi connectivity index (χ0n) is 15.2. The summed E-state index contributed by atoms with van der Waals surface area (Å²) in [7, 11) is 0. The molecular weight excluding hydrogens is 346 g/mol. The largest absolute Gasteiger partial charge is 0.508 e. The van der Waals surface area contributed by atoms with Gasteiger partial charge in [0.25, 0.3) is 5.91 Å². The Morgan fingerprint density at radius 2 is 1.85 bits per heavy atom. The van der Waals surface area contributed by atoms with Crippen LogP contribution in [0.2, 0.25) is 0 Å². The van der Waals surface area contributed by atoms with Gasteiger partial charge in [0.1, 0.15) is 11.5 Å². The molecule has 2 aromatic rings. The smallest absolute Gasteiger partial charge is 0.251 e. The average Bonchev–Trinajstić information content (AvgIpc) is 3.13. The first-order valence-electron chi connectivity index (χ1n) is 9.25. The number of hydrogen-bond acceptors (Lipinski definition) is 5. The molecule has 0 unspecified atom stereocenters. The minimum absolute atomic E-state index is 0.123. The van der Waals surface area contributed by atoms with Crippen molar-refractivity contribution in [3.8, 4) is 23.0 Å². The van der Waals surface area contributed by atoms with Gasteiger partial charge in [-0.15, -0.1) is 0 Å². The van der Waals surface area contributed by atoms with Gasteiger partial charge in [-0.25, -0.2) is 0 Å². The molecule has 2 aliphatic rings. The topological polar surface area (TPSA) is 77.0 Å². The third-order valence-electron chi connectivity index (χ3n) is 5.13. The Balaban J connectivity index is 1.28. The van der Waals surface area contributed by atoms with Crippen LogP contribution in [-0.2, 0) is 0 Å². The maximum Gasteiger partial charge on any atom is 0.251 e. The Kier molecular flexibility index (Phi) is 4.79. The van der Waals surface area contributed by atoms with Crippen molar-refractivity contribution < 1.29 is 24.1 Å². The zero-order valence-corrected chi connectivity index (χ0v) is 15.2. The second kappa shape index (κ2) is 7.39. The maximum atomic E-state index is 12.4. The van der Waals surface area contributed by atoms with Gasteiger partial charge < -0.3 is 24.6 Å². The molecule has 0 radical (unpaired) electrons. The molecule has 6 nitrogen and oxygen atoms in total. The Hall–Kier alpha value is -2.89. The summed E-state index contributed by atoms with van der Waals surface area (Å²) in [5.41, 5.74) is 1.24. The molecular formula is C21H23NO5. The lowest BCUT2D eigenvalue weighted by atomic mass is 9.92. The number of ether oxygens (including phenoxy) is 3. The van der Waals surface area contributed by atoms with Crippen molar-refractivity contribution in [3.05, 3.63) is 47.5 Å². The number of hydrogen-bond donors (Lipinski definition) is 2. The molecule has 0 bridgehead atoms. The lowest BCUT2D eigenvalue weighted by molar-refractivity contribution is 0.0893. The van der Waals surface area contributed by atoms with Crippen LogP contribution < -0.4 is 19.5 Å². The summed E-state index contributed by atoms with van der Waals surface area (Å²) in [6, 6.07) is 10.7. The molecule has 4 rings (SSSR count). The molecule has 6 heteroatoms. The Bertz CT molecular complexity index is 842. The molecule has 0 saturated heterocycles. The number of carbonyl (C=O) groups excluding carboxylic acids is 1. The second-order valence-electron chi connectivity index (χ2n) is 7.08. The fourth-order valence-electron chi connectivity index (χ4n) is 3.49. The number of nitrogens with one attached hydrogen (secondary N) is 1. The van der Waals surface area contributed by atoms with E-state index in [0.717, 1.165) is 48.5 Å². The van der Waals surface area contributed by atoms with Crippen LogP contribution in [0.4, 0.5) is 0 Å². The van der Waals surface area contributed by atoms with Gasteiger partial charge in [-0.3, -0.25) is 4.79 Å². The van der Waals surface area contributed by atoms with E-state index in [1.54, 1.807) is 19.1 Å². The van der Waals surface area contributed by atoms with E-state index in [0.29, 0.717) is 5.56 Å². The molecule has 2 N–H and O–H groups in total. The number of rotatable bonds is 4. The molecule has 142 valence electrons. The second-order valence-corrected chi connectivity index (χ2v) is 7.08. The number of aryl methyl sites for hydroxylation is 1. The van der Waals surface area contributed by atoms with Crippen LogP contribution in [0.3, 0.4) is 0 Å². The first kappa shape index (κ1) is 17.5. The van der Waals surface area contributed by atoms with Gasteiger partial charge in [0.15, 0.2) is 11.5 Å². The van der Waals surface area contributed by atoms with Crippen molar-refractivity contribution in [1.29, 1.82) is 0 Å². The number of phenolic OH excluding ortho intramolecular Hbond substituents is 1. The zero-order chi connectivity index (χ0) is 18.8. The summed E-state index contributed by atoms with van der Waals surface area (Å²) in [6.45, 7) is 2.06. The highest BCUT2D eigenvalue weighted by molar-refractivity contribution is 5.94. The number of fused-ring (bicyclic) bond motifs is 1. The van der Waals surface area contributed by atoms with Crippen molar-refractivity contribution >= 4 is 5.91 Å². The van der Waals surface area contributed by atoms with Gasteiger partial charge >= 0.3 is 0 Å². The summed E-state index contributed by atoms with van der Waals surface area (Å²) in [5.74, 6) is 2.24. The molecule has 1 fully saturated rings. The van der Waals surface area contributed by atoms with Crippen LogP contribution >= 0.6 is 0 Å². The first-order chi connectivity index (χ1) is 13.1. The summed E-state index contributed by atoms with van der Waals surface area (Å²) in [4.78, 5) is 12.4. The van der Waals surface area contributed by atoms with Crippen LogP contribution in [-0.4, -0.2) is 30.0 Å². The lowest BCUT2D eigenvalue weighted by Crippen LogP contribution is -2.39. The minimum Gasteiger partial charge on any atom is -0.508 e. The van der Waals surface area contributed by atoms with Gasteiger partial charge in [0.05, 0.1) is 6.10 Å². The number of phenols is 1. The van der Waals surface area contributed by atoms with Gasteiger partial charge in [-0.2, -0.15) is 0 Å².